The number of methoxy groups -OCH3 is 1. The summed E-state index contributed by atoms with van der Waals surface area (Å²) in [6.07, 6.45) is 0.933. The van der Waals surface area contributed by atoms with Crippen LogP contribution in [0.4, 0.5) is 5.69 Å². The smallest absolute Gasteiger partial charge is 0.255 e. The van der Waals surface area contributed by atoms with E-state index in [9.17, 15) is 4.79 Å². The molecule has 4 nitrogen and oxygen atoms in total. The molecule has 2 aromatic rings. The molecule has 0 spiro atoms. The molecule has 0 aliphatic rings. The molecule has 2 aromatic carbocycles. The van der Waals surface area contributed by atoms with Crippen molar-refractivity contribution in [3.05, 3.63) is 52.5 Å². The zero-order valence-electron chi connectivity index (χ0n) is 12.6. The first-order chi connectivity index (χ1) is 10.7. The highest BCUT2D eigenvalue weighted by Crippen LogP contribution is 2.28. The number of amides is 1. The van der Waals surface area contributed by atoms with Crippen LogP contribution in [0, 0.1) is 0 Å². The van der Waals surface area contributed by atoms with Crippen molar-refractivity contribution in [2.24, 2.45) is 0 Å². The van der Waals surface area contributed by atoms with E-state index >= 15 is 0 Å². The largest absolute Gasteiger partial charge is 0.495 e. The highest BCUT2D eigenvalue weighted by atomic mass is 79.9. The quantitative estimate of drug-likeness (QED) is 0.821. The Labute approximate surface area is 138 Å². The number of anilines is 1. The first kappa shape index (κ1) is 16.4. The van der Waals surface area contributed by atoms with E-state index in [1.165, 1.54) is 0 Å². The molecule has 0 radical (unpaired) electrons. The summed E-state index contributed by atoms with van der Waals surface area (Å²) in [5.41, 5.74) is 1.18. The van der Waals surface area contributed by atoms with Crippen LogP contribution in [0.15, 0.2) is 46.9 Å². The molecule has 0 heterocycles. The van der Waals surface area contributed by atoms with Gasteiger partial charge in [0, 0.05) is 5.56 Å². The Balaban J connectivity index is 2.14. The average Bonchev–Trinajstić information content (AvgIpc) is 2.54. The van der Waals surface area contributed by atoms with Gasteiger partial charge < -0.3 is 14.8 Å². The van der Waals surface area contributed by atoms with Crippen molar-refractivity contribution in [2.75, 3.05) is 19.0 Å². The molecule has 0 saturated heterocycles. The van der Waals surface area contributed by atoms with Gasteiger partial charge in [0.1, 0.15) is 11.5 Å². The Morgan fingerprint density at radius 2 is 1.95 bits per heavy atom. The van der Waals surface area contributed by atoms with Gasteiger partial charge in [-0.1, -0.05) is 19.1 Å². The van der Waals surface area contributed by atoms with Gasteiger partial charge in [-0.05, 0) is 52.7 Å². The van der Waals surface area contributed by atoms with Crippen molar-refractivity contribution < 1.29 is 14.3 Å². The van der Waals surface area contributed by atoms with Crippen molar-refractivity contribution in [3.8, 4) is 11.5 Å². The number of ether oxygens (including phenoxy) is 2. The minimum absolute atomic E-state index is 0.202. The van der Waals surface area contributed by atoms with E-state index in [2.05, 4.69) is 21.2 Å². The minimum Gasteiger partial charge on any atom is -0.495 e. The SMILES string of the molecule is CCCOc1ccc(C(=O)Nc2ccccc2OC)cc1Br. The molecular weight excluding hydrogens is 346 g/mol. The number of para-hydroxylation sites is 2. The maximum absolute atomic E-state index is 12.3. The Morgan fingerprint density at radius 3 is 2.64 bits per heavy atom. The highest BCUT2D eigenvalue weighted by molar-refractivity contribution is 9.10. The second-order valence-electron chi connectivity index (χ2n) is 4.65. The summed E-state index contributed by atoms with van der Waals surface area (Å²) in [5, 5.41) is 2.84. The van der Waals surface area contributed by atoms with E-state index in [1.54, 1.807) is 37.4 Å². The number of carbonyl (C=O) groups is 1. The van der Waals surface area contributed by atoms with Gasteiger partial charge in [-0.2, -0.15) is 0 Å². The Hall–Kier alpha value is -2.01. The lowest BCUT2D eigenvalue weighted by molar-refractivity contribution is 0.102. The van der Waals surface area contributed by atoms with Gasteiger partial charge in [0.2, 0.25) is 0 Å². The molecule has 0 aliphatic carbocycles. The average molecular weight is 364 g/mol. The Morgan fingerprint density at radius 1 is 1.18 bits per heavy atom. The van der Waals surface area contributed by atoms with Gasteiger partial charge in [-0.15, -0.1) is 0 Å². The fourth-order valence-electron chi connectivity index (χ4n) is 1.91. The van der Waals surface area contributed by atoms with E-state index in [1.807, 2.05) is 19.1 Å². The van der Waals surface area contributed by atoms with E-state index in [0.717, 1.165) is 16.6 Å². The van der Waals surface area contributed by atoms with Crippen LogP contribution in [-0.2, 0) is 0 Å². The molecular formula is C17H18BrNO3. The maximum Gasteiger partial charge on any atom is 0.255 e. The van der Waals surface area contributed by atoms with Crippen LogP contribution < -0.4 is 14.8 Å². The molecule has 5 heteroatoms. The molecule has 2 rings (SSSR count). The lowest BCUT2D eigenvalue weighted by atomic mass is 10.2. The van der Waals surface area contributed by atoms with Gasteiger partial charge in [-0.3, -0.25) is 4.79 Å². The van der Waals surface area contributed by atoms with Gasteiger partial charge in [-0.25, -0.2) is 0 Å². The molecule has 116 valence electrons. The third-order valence-corrected chi connectivity index (χ3v) is 3.63. The monoisotopic (exact) mass is 363 g/mol. The van der Waals surface area contributed by atoms with Crippen molar-refractivity contribution in [1.29, 1.82) is 0 Å². The third-order valence-electron chi connectivity index (χ3n) is 3.01. The van der Waals surface area contributed by atoms with Crippen LogP contribution in [0.2, 0.25) is 0 Å². The summed E-state index contributed by atoms with van der Waals surface area (Å²) in [6.45, 7) is 2.69. The maximum atomic E-state index is 12.3. The van der Waals surface area contributed by atoms with E-state index in [-0.39, 0.29) is 5.91 Å². The molecule has 0 bridgehead atoms. The summed E-state index contributed by atoms with van der Waals surface area (Å²) >= 11 is 3.43. The lowest BCUT2D eigenvalue weighted by Crippen LogP contribution is -2.12. The van der Waals surface area contributed by atoms with Crippen LogP contribution in [0.3, 0.4) is 0 Å². The van der Waals surface area contributed by atoms with E-state index < -0.39 is 0 Å². The summed E-state index contributed by atoms with van der Waals surface area (Å²) in [5.74, 6) is 1.15. The number of rotatable bonds is 6. The van der Waals surface area contributed by atoms with Crippen LogP contribution >= 0.6 is 15.9 Å². The van der Waals surface area contributed by atoms with Crippen molar-refractivity contribution in [2.45, 2.75) is 13.3 Å². The number of hydrogen-bond donors (Lipinski definition) is 1. The zero-order chi connectivity index (χ0) is 15.9. The summed E-state index contributed by atoms with van der Waals surface area (Å²) < 4.78 is 11.6. The van der Waals surface area contributed by atoms with Crippen LogP contribution in [0.5, 0.6) is 11.5 Å². The summed E-state index contributed by atoms with van der Waals surface area (Å²) in [7, 11) is 1.57. The number of benzene rings is 2. The second kappa shape index (κ2) is 7.84. The molecule has 0 aliphatic heterocycles. The number of hydrogen-bond acceptors (Lipinski definition) is 3. The van der Waals surface area contributed by atoms with E-state index in [4.69, 9.17) is 9.47 Å². The standard InChI is InChI=1S/C17H18BrNO3/c1-3-10-22-15-9-8-12(11-13(15)18)17(20)19-14-6-4-5-7-16(14)21-2/h4-9,11H,3,10H2,1-2H3,(H,19,20). The van der Waals surface area contributed by atoms with E-state index in [0.29, 0.717) is 23.6 Å². The van der Waals surface area contributed by atoms with Gasteiger partial charge in [0.05, 0.1) is 23.9 Å². The minimum atomic E-state index is -0.202. The van der Waals surface area contributed by atoms with Gasteiger partial charge >= 0.3 is 0 Å². The molecule has 1 N–H and O–H groups in total. The molecule has 0 atom stereocenters. The summed E-state index contributed by atoms with van der Waals surface area (Å²) in [6, 6.07) is 12.6. The predicted molar refractivity (Wildman–Crippen MR) is 90.9 cm³/mol. The van der Waals surface area contributed by atoms with Crippen LogP contribution in [0.25, 0.3) is 0 Å². The number of nitrogens with one attached hydrogen (secondary N) is 1. The van der Waals surface area contributed by atoms with Gasteiger partial charge in [0.25, 0.3) is 5.91 Å². The van der Waals surface area contributed by atoms with Crippen molar-refractivity contribution in [1.82, 2.24) is 0 Å². The Kier molecular flexibility index (Phi) is 5.83. The lowest BCUT2D eigenvalue weighted by Gasteiger charge is -2.11. The molecule has 0 aromatic heterocycles. The normalized spacial score (nSPS) is 10.1. The highest BCUT2D eigenvalue weighted by Gasteiger charge is 2.11. The fourth-order valence-corrected chi connectivity index (χ4v) is 2.41. The molecule has 0 unspecified atom stereocenters. The van der Waals surface area contributed by atoms with Crippen molar-refractivity contribution in [3.63, 3.8) is 0 Å². The topological polar surface area (TPSA) is 47.6 Å². The second-order valence-corrected chi connectivity index (χ2v) is 5.50. The van der Waals surface area contributed by atoms with Crippen LogP contribution in [0.1, 0.15) is 23.7 Å². The molecule has 1 amide bonds. The molecule has 0 fully saturated rings. The molecule has 0 saturated carbocycles. The predicted octanol–water partition coefficient (Wildman–Crippen LogP) is 4.50. The zero-order valence-corrected chi connectivity index (χ0v) is 14.1. The van der Waals surface area contributed by atoms with Crippen molar-refractivity contribution >= 4 is 27.5 Å². The fraction of sp³-hybridized carbons (Fsp3) is 0.235. The number of carbonyl (C=O) groups excluding carboxylic acids is 1. The van der Waals surface area contributed by atoms with Gasteiger partial charge in [0.15, 0.2) is 0 Å². The Bertz CT molecular complexity index is 658. The molecule has 22 heavy (non-hydrogen) atoms. The number of halogens is 1. The van der Waals surface area contributed by atoms with Crippen LogP contribution in [-0.4, -0.2) is 19.6 Å². The third kappa shape index (κ3) is 4.01. The first-order valence-electron chi connectivity index (χ1n) is 7.02. The first-order valence-corrected chi connectivity index (χ1v) is 7.81. The summed E-state index contributed by atoms with van der Waals surface area (Å²) in [4.78, 5) is 12.3.